The van der Waals surface area contributed by atoms with Crippen LogP contribution >= 0.6 is 11.3 Å². The van der Waals surface area contributed by atoms with Gasteiger partial charge in [0, 0.05) is 46.7 Å². The molecule has 0 aliphatic heterocycles. The van der Waals surface area contributed by atoms with E-state index in [0.717, 1.165) is 23.8 Å². The highest BCUT2D eigenvalue weighted by Crippen LogP contribution is 2.23. The van der Waals surface area contributed by atoms with Crippen molar-refractivity contribution in [2.75, 3.05) is 18.6 Å². The molecule has 0 spiro atoms. The zero-order valence-electron chi connectivity index (χ0n) is 10.4. The van der Waals surface area contributed by atoms with Gasteiger partial charge in [-0.15, -0.1) is 11.3 Å². The lowest BCUT2D eigenvalue weighted by Gasteiger charge is -2.14. The second kappa shape index (κ2) is 5.89. The molecule has 0 amide bonds. The van der Waals surface area contributed by atoms with Gasteiger partial charge in [-0.1, -0.05) is 20.8 Å². The molecule has 1 rings (SSSR count). The Balaban J connectivity index is 2.38. The summed E-state index contributed by atoms with van der Waals surface area (Å²) in [6, 6.07) is 0. The molecule has 1 atom stereocenters. The largest absolute Gasteiger partial charge is 0.310 e. The maximum absolute atomic E-state index is 10.8. The monoisotopic (exact) mass is 260 g/mol. The predicted octanol–water partition coefficient (Wildman–Crippen LogP) is 1.91. The van der Waals surface area contributed by atoms with E-state index in [-0.39, 0.29) is 5.41 Å². The van der Waals surface area contributed by atoms with Crippen LogP contribution in [0.3, 0.4) is 0 Å². The minimum Gasteiger partial charge on any atom is -0.310 e. The van der Waals surface area contributed by atoms with E-state index in [9.17, 15) is 4.21 Å². The topological polar surface area (TPSA) is 42.0 Å². The summed E-state index contributed by atoms with van der Waals surface area (Å²) in [4.78, 5) is 4.58. The Hall–Kier alpha value is -0.260. The molecule has 92 valence electrons. The molecule has 5 heteroatoms. The Kier molecular flexibility index (Phi) is 5.08. The number of nitrogens with one attached hydrogen (secondary N) is 1. The Morgan fingerprint density at radius 1 is 1.50 bits per heavy atom. The molecule has 1 N–H and O–H groups in total. The van der Waals surface area contributed by atoms with Crippen molar-refractivity contribution >= 4 is 22.1 Å². The molecule has 1 aromatic heterocycles. The second-order valence-corrected chi connectivity index (χ2v) is 7.33. The maximum Gasteiger partial charge on any atom is 0.107 e. The molecule has 1 aromatic rings. The van der Waals surface area contributed by atoms with Gasteiger partial charge in [0.05, 0.1) is 5.69 Å². The predicted molar refractivity (Wildman–Crippen MR) is 71.5 cm³/mol. The quantitative estimate of drug-likeness (QED) is 0.822. The van der Waals surface area contributed by atoms with E-state index in [1.807, 2.05) is 0 Å². The summed E-state index contributed by atoms with van der Waals surface area (Å²) < 4.78 is 10.8. The van der Waals surface area contributed by atoms with E-state index >= 15 is 0 Å². The Labute approximate surface area is 104 Å². The van der Waals surface area contributed by atoms with Gasteiger partial charge in [-0.25, -0.2) is 4.98 Å². The second-order valence-electron chi connectivity index (χ2n) is 4.83. The molecule has 0 bridgehead atoms. The van der Waals surface area contributed by atoms with Gasteiger partial charge in [0.1, 0.15) is 5.01 Å². The molecule has 0 fully saturated rings. The summed E-state index contributed by atoms with van der Waals surface area (Å²) in [5.41, 5.74) is 1.27. The molecule has 0 aliphatic rings. The highest BCUT2D eigenvalue weighted by Gasteiger charge is 2.16. The Bertz CT molecular complexity index is 355. The first-order chi connectivity index (χ1) is 7.39. The fourth-order valence-electron chi connectivity index (χ4n) is 1.15. The molecule has 0 aliphatic carbocycles. The van der Waals surface area contributed by atoms with Crippen molar-refractivity contribution in [1.82, 2.24) is 10.3 Å². The standard InChI is InChI=1S/C11H20N2OS2/c1-11(2,3)9-8-15-10(13-9)7-12-5-6-16(4)14/h8,12H,5-7H2,1-4H3. The summed E-state index contributed by atoms with van der Waals surface area (Å²) >= 11 is 1.69. The van der Waals surface area contributed by atoms with Gasteiger partial charge in [-0.2, -0.15) is 0 Å². The minimum atomic E-state index is -0.712. The Morgan fingerprint density at radius 3 is 2.69 bits per heavy atom. The van der Waals surface area contributed by atoms with Crippen LogP contribution in [0, 0.1) is 0 Å². The summed E-state index contributed by atoms with van der Waals surface area (Å²) in [5, 5.41) is 6.48. The third kappa shape index (κ3) is 4.72. The van der Waals surface area contributed by atoms with Crippen LogP contribution in [-0.4, -0.2) is 27.7 Å². The molecule has 0 aromatic carbocycles. The first kappa shape index (κ1) is 13.8. The van der Waals surface area contributed by atoms with Gasteiger partial charge in [0.15, 0.2) is 0 Å². The fraction of sp³-hybridized carbons (Fsp3) is 0.727. The van der Waals surface area contributed by atoms with Crippen molar-refractivity contribution in [1.29, 1.82) is 0 Å². The van der Waals surface area contributed by atoms with Gasteiger partial charge >= 0.3 is 0 Å². The lowest BCUT2D eigenvalue weighted by Crippen LogP contribution is -2.20. The van der Waals surface area contributed by atoms with Crippen molar-refractivity contribution in [2.45, 2.75) is 32.7 Å². The summed E-state index contributed by atoms with van der Waals surface area (Å²) in [6.07, 6.45) is 1.72. The van der Waals surface area contributed by atoms with Gasteiger partial charge in [-0.3, -0.25) is 4.21 Å². The SMILES string of the molecule is CS(=O)CCNCc1nc(C(C)(C)C)cs1. The van der Waals surface area contributed by atoms with Crippen molar-refractivity contribution in [2.24, 2.45) is 0 Å². The molecule has 0 radical (unpaired) electrons. The number of hydrogen-bond acceptors (Lipinski definition) is 4. The number of thiazole rings is 1. The molecule has 0 saturated heterocycles. The van der Waals surface area contributed by atoms with E-state index in [4.69, 9.17) is 0 Å². The van der Waals surface area contributed by atoms with Crippen LogP contribution in [0.15, 0.2) is 5.38 Å². The number of nitrogens with zero attached hydrogens (tertiary/aromatic N) is 1. The molecular formula is C11H20N2OS2. The first-order valence-corrected chi connectivity index (χ1v) is 7.96. The Morgan fingerprint density at radius 2 is 2.19 bits per heavy atom. The van der Waals surface area contributed by atoms with Gasteiger partial charge in [0.2, 0.25) is 0 Å². The average molecular weight is 260 g/mol. The fourth-order valence-corrected chi connectivity index (χ4v) is 2.57. The molecule has 1 unspecified atom stereocenters. The highest BCUT2D eigenvalue weighted by molar-refractivity contribution is 7.84. The third-order valence-electron chi connectivity index (χ3n) is 2.16. The van der Waals surface area contributed by atoms with Crippen LogP contribution in [-0.2, 0) is 22.8 Å². The first-order valence-electron chi connectivity index (χ1n) is 5.35. The number of rotatable bonds is 5. The minimum absolute atomic E-state index is 0.125. The third-order valence-corrected chi connectivity index (χ3v) is 3.79. The van der Waals surface area contributed by atoms with Crippen LogP contribution in [0.4, 0.5) is 0 Å². The van der Waals surface area contributed by atoms with Crippen molar-refractivity contribution in [3.05, 3.63) is 16.1 Å². The highest BCUT2D eigenvalue weighted by atomic mass is 32.2. The number of aromatic nitrogens is 1. The van der Waals surface area contributed by atoms with Crippen molar-refractivity contribution in [3.8, 4) is 0 Å². The molecular weight excluding hydrogens is 240 g/mol. The zero-order valence-corrected chi connectivity index (χ0v) is 12.0. The lowest BCUT2D eigenvalue weighted by atomic mass is 9.93. The summed E-state index contributed by atoms with van der Waals surface area (Å²) in [6.45, 7) is 8.06. The maximum atomic E-state index is 10.8. The lowest BCUT2D eigenvalue weighted by molar-refractivity contribution is 0.569. The van der Waals surface area contributed by atoms with Crippen molar-refractivity contribution in [3.63, 3.8) is 0 Å². The van der Waals surface area contributed by atoms with E-state index in [0.29, 0.717) is 5.75 Å². The normalized spacial score (nSPS) is 14.0. The van der Waals surface area contributed by atoms with Crippen LogP contribution in [0.25, 0.3) is 0 Å². The van der Waals surface area contributed by atoms with Gasteiger partial charge in [0.25, 0.3) is 0 Å². The van der Waals surface area contributed by atoms with Crippen molar-refractivity contribution < 1.29 is 4.21 Å². The smallest absolute Gasteiger partial charge is 0.107 e. The van der Waals surface area contributed by atoms with Crippen LogP contribution in [0.2, 0.25) is 0 Å². The van der Waals surface area contributed by atoms with Crippen LogP contribution in [0.5, 0.6) is 0 Å². The zero-order chi connectivity index (χ0) is 12.2. The van der Waals surface area contributed by atoms with Crippen LogP contribution in [0.1, 0.15) is 31.5 Å². The molecule has 16 heavy (non-hydrogen) atoms. The molecule has 0 saturated carbocycles. The summed E-state index contributed by atoms with van der Waals surface area (Å²) in [5.74, 6) is 0.706. The molecule has 3 nitrogen and oxygen atoms in total. The van der Waals surface area contributed by atoms with Gasteiger partial charge < -0.3 is 5.32 Å². The van der Waals surface area contributed by atoms with E-state index in [1.165, 1.54) is 0 Å². The van der Waals surface area contributed by atoms with Gasteiger partial charge in [-0.05, 0) is 0 Å². The van der Waals surface area contributed by atoms with E-state index < -0.39 is 10.8 Å². The van der Waals surface area contributed by atoms with E-state index in [1.54, 1.807) is 17.6 Å². The van der Waals surface area contributed by atoms with E-state index in [2.05, 4.69) is 36.5 Å². The molecule has 1 heterocycles. The summed E-state index contributed by atoms with van der Waals surface area (Å²) in [7, 11) is -0.712. The van der Waals surface area contributed by atoms with Crippen LogP contribution < -0.4 is 5.32 Å². The number of hydrogen-bond donors (Lipinski definition) is 1. The average Bonchev–Trinajstić information content (AvgIpc) is 2.59.